The minimum absolute atomic E-state index is 0.0328. The topological polar surface area (TPSA) is 90.5 Å². The van der Waals surface area contributed by atoms with Gasteiger partial charge in [-0.25, -0.2) is 4.79 Å². The molecule has 3 N–H and O–H groups in total. The number of imide groups is 1. The molecule has 1 aromatic rings. The van der Waals surface area contributed by atoms with E-state index in [1.807, 2.05) is 30.5 Å². The van der Waals surface area contributed by atoms with E-state index in [1.165, 1.54) is 18.8 Å². The number of carbonyl (C=O) groups excluding carboxylic acids is 3. The normalized spacial score (nSPS) is 11.7. The zero-order chi connectivity index (χ0) is 17.4. The molecule has 0 spiro atoms. The second-order valence-electron chi connectivity index (χ2n) is 4.91. The molecular weight excluding hydrogens is 316 g/mol. The molecule has 8 heteroatoms. The van der Waals surface area contributed by atoms with Gasteiger partial charge in [-0.05, 0) is 32.4 Å². The molecule has 0 aliphatic carbocycles. The van der Waals surface area contributed by atoms with E-state index >= 15 is 0 Å². The molecule has 0 heterocycles. The van der Waals surface area contributed by atoms with Gasteiger partial charge in [0.15, 0.2) is 0 Å². The second-order valence-corrected chi connectivity index (χ2v) is 5.76. The van der Waals surface area contributed by atoms with E-state index in [1.54, 1.807) is 18.9 Å². The van der Waals surface area contributed by atoms with Gasteiger partial charge in [0, 0.05) is 11.9 Å². The van der Waals surface area contributed by atoms with Crippen molar-refractivity contribution in [3.05, 3.63) is 24.3 Å². The number of para-hydroxylation sites is 1. The molecule has 23 heavy (non-hydrogen) atoms. The third-order valence-corrected chi connectivity index (χ3v) is 4.07. The van der Waals surface area contributed by atoms with E-state index in [0.29, 0.717) is 0 Å². The van der Waals surface area contributed by atoms with Crippen molar-refractivity contribution in [3.8, 4) is 0 Å². The highest BCUT2D eigenvalue weighted by molar-refractivity contribution is 7.98. The first-order valence-electron chi connectivity index (χ1n) is 7.04. The molecule has 1 rings (SSSR count). The number of likely N-dealkylation sites (N-methyl/N-ethyl adjacent to an activating group) is 1. The van der Waals surface area contributed by atoms with Gasteiger partial charge in [-0.15, -0.1) is 11.8 Å². The average Bonchev–Trinajstić information content (AvgIpc) is 2.54. The summed E-state index contributed by atoms with van der Waals surface area (Å²) in [6.07, 6.45) is 1.93. The van der Waals surface area contributed by atoms with E-state index in [9.17, 15) is 14.4 Å². The number of urea groups is 1. The summed E-state index contributed by atoms with van der Waals surface area (Å²) in [5, 5.41) is 7.32. The number of rotatable bonds is 6. The van der Waals surface area contributed by atoms with Gasteiger partial charge in [0.05, 0.1) is 18.3 Å². The standard InChI is InChI=1S/C15H22N4O3S/c1-10(14(21)18-15(22)16-2)19(3)9-13(20)17-11-7-5-6-8-12(11)23-4/h5-8,10H,9H2,1-4H3,(H,17,20)(H2,16,18,21,22)/t10-/m1/s1. The third kappa shape index (κ3) is 5.91. The van der Waals surface area contributed by atoms with Crippen molar-refractivity contribution in [2.75, 3.05) is 32.2 Å². The van der Waals surface area contributed by atoms with Crippen LogP contribution in [0.3, 0.4) is 0 Å². The van der Waals surface area contributed by atoms with Gasteiger partial charge in [0.1, 0.15) is 0 Å². The van der Waals surface area contributed by atoms with Crippen LogP contribution < -0.4 is 16.0 Å². The van der Waals surface area contributed by atoms with Crippen LogP contribution >= 0.6 is 11.8 Å². The predicted octanol–water partition coefficient (Wildman–Crippen LogP) is 1.12. The molecule has 0 saturated carbocycles. The van der Waals surface area contributed by atoms with Crippen LogP contribution in [-0.2, 0) is 9.59 Å². The predicted molar refractivity (Wildman–Crippen MR) is 91.5 cm³/mol. The first kappa shape index (κ1) is 19.0. The van der Waals surface area contributed by atoms with Crippen LogP contribution in [0, 0.1) is 0 Å². The maximum atomic E-state index is 12.1. The van der Waals surface area contributed by atoms with Crippen molar-refractivity contribution in [1.82, 2.24) is 15.5 Å². The molecule has 1 atom stereocenters. The number of hydrogen-bond donors (Lipinski definition) is 3. The number of hydrogen-bond acceptors (Lipinski definition) is 5. The van der Waals surface area contributed by atoms with Crippen LogP contribution in [0.15, 0.2) is 29.2 Å². The molecule has 0 aliphatic heterocycles. The summed E-state index contributed by atoms with van der Waals surface area (Å²) in [6, 6.07) is 6.30. The second kappa shape index (κ2) is 9.16. The Bertz CT molecular complexity index is 580. The fourth-order valence-electron chi connectivity index (χ4n) is 1.78. The van der Waals surface area contributed by atoms with Crippen molar-refractivity contribution in [2.24, 2.45) is 0 Å². The van der Waals surface area contributed by atoms with Crippen LogP contribution in [0.1, 0.15) is 6.92 Å². The molecule has 7 nitrogen and oxygen atoms in total. The summed E-state index contributed by atoms with van der Waals surface area (Å²) in [5.74, 6) is -0.697. The molecule has 0 fully saturated rings. The van der Waals surface area contributed by atoms with Gasteiger partial charge in [-0.1, -0.05) is 12.1 Å². The van der Waals surface area contributed by atoms with Crippen LogP contribution in [0.2, 0.25) is 0 Å². The number of anilines is 1. The van der Waals surface area contributed by atoms with E-state index in [4.69, 9.17) is 0 Å². The molecule has 0 radical (unpaired) electrons. The van der Waals surface area contributed by atoms with E-state index in [2.05, 4.69) is 16.0 Å². The Morgan fingerprint density at radius 1 is 1.26 bits per heavy atom. The lowest BCUT2D eigenvalue weighted by molar-refractivity contribution is -0.125. The fourth-order valence-corrected chi connectivity index (χ4v) is 2.33. The van der Waals surface area contributed by atoms with Gasteiger partial charge in [-0.2, -0.15) is 0 Å². The van der Waals surface area contributed by atoms with Crippen molar-refractivity contribution < 1.29 is 14.4 Å². The summed E-state index contributed by atoms with van der Waals surface area (Å²) in [5.41, 5.74) is 0.737. The Balaban J connectivity index is 2.59. The summed E-state index contributed by atoms with van der Waals surface area (Å²) in [6.45, 7) is 1.66. The third-order valence-electron chi connectivity index (χ3n) is 3.28. The quantitative estimate of drug-likeness (QED) is 0.676. The summed E-state index contributed by atoms with van der Waals surface area (Å²) in [4.78, 5) is 37.6. The van der Waals surface area contributed by atoms with Gasteiger partial charge >= 0.3 is 6.03 Å². The maximum Gasteiger partial charge on any atom is 0.321 e. The highest BCUT2D eigenvalue weighted by atomic mass is 32.2. The number of nitrogens with one attached hydrogen (secondary N) is 3. The SMILES string of the molecule is CNC(=O)NC(=O)[C@@H](C)N(C)CC(=O)Nc1ccccc1SC. The number of carbonyl (C=O) groups is 3. The van der Waals surface area contributed by atoms with Crippen LogP contribution in [-0.4, -0.2) is 55.7 Å². The minimum atomic E-state index is -0.617. The monoisotopic (exact) mass is 338 g/mol. The van der Waals surface area contributed by atoms with Crippen LogP contribution in [0.5, 0.6) is 0 Å². The molecule has 0 unspecified atom stereocenters. The molecule has 0 aliphatic rings. The van der Waals surface area contributed by atoms with E-state index in [-0.39, 0.29) is 12.5 Å². The summed E-state index contributed by atoms with van der Waals surface area (Å²) in [7, 11) is 3.07. The average molecular weight is 338 g/mol. The first-order chi connectivity index (χ1) is 10.9. The number of amides is 4. The Kier molecular flexibility index (Phi) is 7.56. The maximum absolute atomic E-state index is 12.1. The van der Waals surface area contributed by atoms with E-state index in [0.717, 1.165) is 10.6 Å². The van der Waals surface area contributed by atoms with Crippen LogP contribution in [0.4, 0.5) is 10.5 Å². The summed E-state index contributed by atoms with van der Waals surface area (Å²) >= 11 is 1.54. The van der Waals surface area contributed by atoms with Crippen molar-refractivity contribution in [3.63, 3.8) is 0 Å². The fraction of sp³-hybridized carbons (Fsp3) is 0.400. The lowest BCUT2D eigenvalue weighted by atomic mass is 10.2. The minimum Gasteiger partial charge on any atom is -0.341 e. The van der Waals surface area contributed by atoms with Crippen LogP contribution in [0.25, 0.3) is 0 Å². The Morgan fingerprint density at radius 2 is 1.91 bits per heavy atom. The van der Waals surface area contributed by atoms with Gasteiger partial charge < -0.3 is 10.6 Å². The lowest BCUT2D eigenvalue weighted by Gasteiger charge is -2.23. The van der Waals surface area contributed by atoms with Gasteiger partial charge in [0.25, 0.3) is 0 Å². The Morgan fingerprint density at radius 3 is 2.52 bits per heavy atom. The van der Waals surface area contributed by atoms with Crippen molar-refractivity contribution in [2.45, 2.75) is 17.9 Å². The molecule has 0 bridgehead atoms. The largest absolute Gasteiger partial charge is 0.341 e. The highest BCUT2D eigenvalue weighted by Crippen LogP contribution is 2.24. The lowest BCUT2D eigenvalue weighted by Crippen LogP contribution is -2.49. The highest BCUT2D eigenvalue weighted by Gasteiger charge is 2.21. The first-order valence-corrected chi connectivity index (χ1v) is 8.27. The van der Waals surface area contributed by atoms with Crippen molar-refractivity contribution >= 4 is 35.3 Å². The zero-order valence-electron chi connectivity index (χ0n) is 13.7. The number of benzene rings is 1. The van der Waals surface area contributed by atoms with Gasteiger partial charge in [-0.3, -0.25) is 19.8 Å². The number of nitrogens with zero attached hydrogens (tertiary/aromatic N) is 1. The molecule has 4 amide bonds. The molecule has 0 aromatic heterocycles. The molecule has 0 saturated heterocycles. The number of thioether (sulfide) groups is 1. The summed E-state index contributed by atoms with van der Waals surface area (Å²) < 4.78 is 0. The zero-order valence-corrected chi connectivity index (χ0v) is 14.5. The molecular formula is C15H22N4O3S. The van der Waals surface area contributed by atoms with Crippen molar-refractivity contribution in [1.29, 1.82) is 0 Å². The smallest absolute Gasteiger partial charge is 0.321 e. The molecule has 1 aromatic carbocycles. The Labute approximate surface area is 140 Å². The van der Waals surface area contributed by atoms with E-state index < -0.39 is 18.0 Å². The Hall–Kier alpha value is -2.06. The molecule has 126 valence electrons. The van der Waals surface area contributed by atoms with Gasteiger partial charge in [0.2, 0.25) is 11.8 Å².